The molecule has 2 aromatic rings. The largest absolute Gasteiger partial charge is 0.371 e. The van der Waals surface area contributed by atoms with Crippen LogP contribution in [0.2, 0.25) is 0 Å². The number of benzene rings is 1. The van der Waals surface area contributed by atoms with Crippen molar-refractivity contribution in [2.45, 2.75) is 96.6 Å². The van der Waals surface area contributed by atoms with Crippen molar-refractivity contribution in [1.29, 1.82) is 0 Å². The van der Waals surface area contributed by atoms with E-state index < -0.39 is 0 Å². The van der Waals surface area contributed by atoms with Crippen LogP contribution in [-0.4, -0.2) is 49.7 Å². The maximum Gasteiger partial charge on any atom is 0.223 e. The summed E-state index contributed by atoms with van der Waals surface area (Å²) in [6.07, 6.45) is 16.2. The van der Waals surface area contributed by atoms with Crippen LogP contribution in [0.4, 0.5) is 5.69 Å². The number of amides is 1. The van der Waals surface area contributed by atoms with E-state index in [1.807, 2.05) is 25.3 Å². The fourth-order valence-electron chi connectivity index (χ4n) is 6.14. The lowest BCUT2D eigenvalue weighted by Gasteiger charge is -2.33. The lowest BCUT2D eigenvalue weighted by molar-refractivity contribution is -0.124. The van der Waals surface area contributed by atoms with E-state index in [0.29, 0.717) is 6.54 Å². The molecule has 1 aromatic heterocycles. The highest BCUT2D eigenvalue weighted by molar-refractivity contribution is 5.78. The number of carbonyl (C=O) groups is 1. The molecule has 1 atom stereocenters. The Morgan fingerprint density at radius 1 is 1.00 bits per heavy atom. The molecule has 6 heteroatoms. The van der Waals surface area contributed by atoms with Crippen LogP contribution in [0.3, 0.4) is 0 Å². The molecule has 3 N–H and O–H groups in total. The first kappa shape index (κ1) is 29.5. The highest BCUT2D eigenvalue weighted by Crippen LogP contribution is 2.30. The Morgan fingerprint density at radius 2 is 1.87 bits per heavy atom. The molecule has 39 heavy (non-hydrogen) atoms. The Kier molecular flexibility index (Phi) is 12.6. The molecule has 214 valence electrons. The van der Waals surface area contributed by atoms with E-state index in [2.05, 4.69) is 50.1 Å². The third kappa shape index (κ3) is 9.91. The molecule has 1 amide bonds. The van der Waals surface area contributed by atoms with Crippen molar-refractivity contribution in [2.24, 2.45) is 5.92 Å². The average molecular weight is 534 g/mol. The second kappa shape index (κ2) is 16.6. The van der Waals surface area contributed by atoms with Gasteiger partial charge in [0.15, 0.2) is 0 Å². The van der Waals surface area contributed by atoms with Gasteiger partial charge in [-0.25, -0.2) is 0 Å². The quantitative estimate of drug-likeness (QED) is 0.252. The molecule has 4 rings (SSSR count). The number of aromatic nitrogens is 1. The summed E-state index contributed by atoms with van der Waals surface area (Å²) in [5.41, 5.74) is 5.17. The summed E-state index contributed by atoms with van der Waals surface area (Å²) < 4.78 is 0. The first-order chi connectivity index (χ1) is 19.2. The molecule has 1 aliphatic carbocycles. The summed E-state index contributed by atoms with van der Waals surface area (Å²) in [7, 11) is 0. The first-order valence-electron chi connectivity index (χ1n) is 15.7. The van der Waals surface area contributed by atoms with Gasteiger partial charge in [0.1, 0.15) is 0 Å². The van der Waals surface area contributed by atoms with Crippen LogP contribution >= 0.6 is 0 Å². The van der Waals surface area contributed by atoms with E-state index >= 15 is 0 Å². The Balaban J connectivity index is 1.13. The van der Waals surface area contributed by atoms with E-state index in [1.165, 1.54) is 61.8 Å². The molecule has 1 saturated carbocycles. The molecule has 1 aromatic carbocycles. The van der Waals surface area contributed by atoms with Gasteiger partial charge in [-0.2, -0.15) is 0 Å². The van der Waals surface area contributed by atoms with Gasteiger partial charge in [0, 0.05) is 49.2 Å². The van der Waals surface area contributed by atoms with E-state index in [4.69, 9.17) is 0 Å². The molecule has 0 bridgehead atoms. The predicted molar refractivity (Wildman–Crippen MR) is 162 cm³/mol. The topological polar surface area (TPSA) is 69.3 Å². The van der Waals surface area contributed by atoms with Crippen molar-refractivity contribution in [3.8, 4) is 0 Å². The predicted octanol–water partition coefficient (Wildman–Crippen LogP) is 5.40. The third-order valence-electron chi connectivity index (χ3n) is 8.49. The number of carbonyl (C=O) groups excluding carboxylic acids is 1. The lowest BCUT2D eigenvalue weighted by Crippen LogP contribution is -2.34. The summed E-state index contributed by atoms with van der Waals surface area (Å²) in [4.78, 5) is 19.7. The number of fused-ring (bicyclic) bond motifs is 1. The highest BCUT2D eigenvalue weighted by atomic mass is 16.1. The van der Waals surface area contributed by atoms with Crippen molar-refractivity contribution in [2.75, 3.05) is 37.6 Å². The first-order valence-corrected chi connectivity index (χ1v) is 15.7. The van der Waals surface area contributed by atoms with Gasteiger partial charge < -0.3 is 20.9 Å². The van der Waals surface area contributed by atoms with E-state index in [1.54, 1.807) is 0 Å². The zero-order chi connectivity index (χ0) is 27.1. The monoisotopic (exact) mass is 533 g/mol. The number of hydrogen-bond donors (Lipinski definition) is 3. The van der Waals surface area contributed by atoms with Gasteiger partial charge in [-0.1, -0.05) is 44.4 Å². The molecule has 1 aliphatic heterocycles. The van der Waals surface area contributed by atoms with Crippen molar-refractivity contribution >= 4 is 11.6 Å². The minimum Gasteiger partial charge on any atom is -0.371 e. The Hall–Kier alpha value is -2.44. The van der Waals surface area contributed by atoms with Crippen LogP contribution in [0.25, 0.3) is 0 Å². The molecule has 6 nitrogen and oxygen atoms in total. The van der Waals surface area contributed by atoms with Gasteiger partial charge in [0.05, 0.1) is 0 Å². The SMILES string of the molecule is C[C@H](CCCc1ccccn1)C(=O)NCc1cccc2c1CCCN2CCCNCCCNC1CCCCC1. The lowest BCUT2D eigenvalue weighted by atomic mass is 9.95. The number of hydrogen-bond acceptors (Lipinski definition) is 5. The van der Waals surface area contributed by atoms with Gasteiger partial charge in [-0.05, 0) is 107 Å². The zero-order valence-corrected chi connectivity index (χ0v) is 24.2. The summed E-state index contributed by atoms with van der Waals surface area (Å²) in [6.45, 7) is 8.18. The van der Waals surface area contributed by atoms with Crippen molar-refractivity contribution < 1.29 is 4.79 Å². The number of nitrogens with zero attached hydrogens (tertiary/aromatic N) is 2. The minimum atomic E-state index is 0.0142. The van der Waals surface area contributed by atoms with Crippen LogP contribution in [0.1, 0.15) is 88.0 Å². The molecule has 0 unspecified atom stereocenters. The number of nitrogens with one attached hydrogen (secondary N) is 3. The second-order valence-electron chi connectivity index (χ2n) is 11.6. The van der Waals surface area contributed by atoms with Crippen LogP contribution in [0.5, 0.6) is 0 Å². The maximum atomic E-state index is 12.8. The summed E-state index contributed by atoms with van der Waals surface area (Å²) in [5.74, 6) is 0.168. The zero-order valence-electron chi connectivity index (χ0n) is 24.2. The Bertz CT molecular complexity index is 975. The fourth-order valence-corrected chi connectivity index (χ4v) is 6.14. The van der Waals surface area contributed by atoms with Crippen LogP contribution in [0.15, 0.2) is 42.6 Å². The van der Waals surface area contributed by atoms with Gasteiger partial charge in [0.2, 0.25) is 5.91 Å². The van der Waals surface area contributed by atoms with Crippen LogP contribution < -0.4 is 20.9 Å². The van der Waals surface area contributed by atoms with Crippen molar-refractivity contribution in [1.82, 2.24) is 20.9 Å². The third-order valence-corrected chi connectivity index (χ3v) is 8.49. The maximum absolute atomic E-state index is 12.8. The smallest absolute Gasteiger partial charge is 0.223 e. The van der Waals surface area contributed by atoms with E-state index in [-0.39, 0.29) is 11.8 Å². The molecule has 0 saturated heterocycles. The van der Waals surface area contributed by atoms with Gasteiger partial charge >= 0.3 is 0 Å². The molecule has 2 heterocycles. The molecule has 0 radical (unpaired) electrons. The standard InChI is InChI=1S/C33H51N5O/c1-27(12-7-17-30-16-5-6-22-35-30)33(39)37-26-28-13-8-19-32-31(28)18-9-24-38(32)25-11-21-34-20-10-23-36-29-14-3-2-4-15-29/h5-6,8,13,16,19,22,27,29,34,36H,2-4,7,9-12,14-15,17-18,20-21,23-26H2,1H3,(H,37,39)/t27-/m1/s1. The summed E-state index contributed by atoms with van der Waals surface area (Å²) in [6, 6.07) is 13.4. The molecular weight excluding hydrogens is 482 g/mol. The van der Waals surface area contributed by atoms with Crippen molar-refractivity contribution in [3.05, 3.63) is 59.4 Å². The van der Waals surface area contributed by atoms with E-state index in [9.17, 15) is 4.79 Å². The molecule has 1 fully saturated rings. The Morgan fingerprint density at radius 3 is 2.72 bits per heavy atom. The average Bonchev–Trinajstić information content (AvgIpc) is 2.98. The van der Waals surface area contributed by atoms with Crippen LogP contribution in [0, 0.1) is 5.92 Å². The van der Waals surface area contributed by atoms with Gasteiger partial charge in [0.25, 0.3) is 0 Å². The molecule has 2 aliphatic rings. The highest BCUT2D eigenvalue weighted by Gasteiger charge is 2.20. The second-order valence-corrected chi connectivity index (χ2v) is 11.6. The summed E-state index contributed by atoms with van der Waals surface area (Å²) >= 11 is 0. The van der Waals surface area contributed by atoms with Gasteiger partial charge in [-0.3, -0.25) is 9.78 Å². The van der Waals surface area contributed by atoms with E-state index in [0.717, 1.165) is 76.6 Å². The number of anilines is 1. The fraction of sp³-hybridized carbons (Fsp3) is 0.636. The molecular formula is C33H51N5O. The molecule has 0 spiro atoms. The Labute approximate surface area is 236 Å². The minimum absolute atomic E-state index is 0.0142. The number of pyridine rings is 1. The normalized spacial score (nSPS) is 16.6. The van der Waals surface area contributed by atoms with Crippen LogP contribution in [-0.2, 0) is 24.2 Å². The number of rotatable bonds is 16. The number of aryl methyl sites for hydroxylation is 1. The van der Waals surface area contributed by atoms with Crippen molar-refractivity contribution in [3.63, 3.8) is 0 Å². The summed E-state index contributed by atoms with van der Waals surface area (Å²) in [5, 5.41) is 10.6. The van der Waals surface area contributed by atoms with Gasteiger partial charge in [-0.15, -0.1) is 0 Å².